The van der Waals surface area contributed by atoms with Crippen LogP contribution in [0.5, 0.6) is 0 Å². The lowest BCUT2D eigenvalue weighted by Crippen LogP contribution is -2.36. The summed E-state index contributed by atoms with van der Waals surface area (Å²) in [7, 11) is 0. The number of nitrogens with one attached hydrogen (secondary N) is 1. The van der Waals surface area contributed by atoms with Crippen molar-refractivity contribution >= 4 is 11.9 Å². The summed E-state index contributed by atoms with van der Waals surface area (Å²) in [5, 5.41) is 3.13. The van der Waals surface area contributed by atoms with Crippen LogP contribution in [-0.2, 0) is 25.7 Å². The molecule has 0 radical (unpaired) electrons. The normalized spacial score (nSPS) is 12.8. The SMILES string of the molecule is CCOC(=O)C(CCN[C@H](C)C(=O)OCc1ccccc1)c1ccccc1. The number of esters is 2. The smallest absolute Gasteiger partial charge is 0.323 e. The van der Waals surface area contributed by atoms with E-state index in [0.717, 1.165) is 11.1 Å². The minimum absolute atomic E-state index is 0.246. The predicted molar refractivity (Wildman–Crippen MR) is 104 cm³/mol. The second-order valence-corrected chi connectivity index (χ2v) is 6.27. The fourth-order valence-corrected chi connectivity index (χ4v) is 2.73. The number of ether oxygens (including phenoxy) is 2. The Morgan fingerprint density at radius 2 is 1.56 bits per heavy atom. The first-order valence-corrected chi connectivity index (χ1v) is 9.27. The molecule has 0 amide bonds. The zero-order valence-electron chi connectivity index (χ0n) is 15.9. The van der Waals surface area contributed by atoms with Crippen molar-refractivity contribution in [2.24, 2.45) is 0 Å². The fraction of sp³-hybridized carbons (Fsp3) is 0.364. The van der Waals surface area contributed by atoms with Crippen molar-refractivity contribution in [2.75, 3.05) is 13.2 Å². The Labute approximate surface area is 160 Å². The highest BCUT2D eigenvalue weighted by molar-refractivity contribution is 5.78. The first-order valence-electron chi connectivity index (χ1n) is 9.27. The molecule has 0 heterocycles. The summed E-state index contributed by atoms with van der Waals surface area (Å²) in [6.07, 6.45) is 0.541. The van der Waals surface area contributed by atoms with Crippen LogP contribution in [0.3, 0.4) is 0 Å². The standard InChI is InChI=1S/C22H27NO4/c1-3-26-22(25)20(19-12-8-5-9-13-19)14-15-23-17(2)21(24)27-16-18-10-6-4-7-11-18/h4-13,17,20,23H,3,14-16H2,1-2H3/t17-,20?/m1/s1. The van der Waals surface area contributed by atoms with Crippen LogP contribution in [0, 0.1) is 0 Å². The molecule has 2 aromatic carbocycles. The van der Waals surface area contributed by atoms with Crippen LogP contribution >= 0.6 is 0 Å². The number of carbonyl (C=O) groups excluding carboxylic acids is 2. The molecule has 5 nitrogen and oxygen atoms in total. The number of hydrogen-bond acceptors (Lipinski definition) is 5. The van der Waals surface area contributed by atoms with Crippen molar-refractivity contribution in [3.05, 3.63) is 71.8 Å². The van der Waals surface area contributed by atoms with E-state index in [1.54, 1.807) is 13.8 Å². The van der Waals surface area contributed by atoms with E-state index in [2.05, 4.69) is 5.32 Å². The van der Waals surface area contributed by atoms with E-state index in [0.29, 0.717) is 19.6 Å². The maximum Gasteiger partial charge on any atom is 0.323 e. The first-order chi connectivity index (χ1) is 13.1. The molecule has 0 aliphatic carbocycles. The van der Waals surface area contributed by atoms with Crippen LogP contribution in [0.15, 0.2) is 60.7 Å². The van der Waals surface area contributed by atoms with Crippen LogP contribution in [0.25, 0.3) is 0 Å². The van der Waals surface area contributed by atoms with Crippen molar-refractivity contribution in [1.82, 2.24) is 5.32 Å². The van der Waals surface area contributed by atoms with Crippen LogP contribution in [-0.4, -0.2) is 31.1 Å². The summed E-state index contributed by atoms with van der Waals surface area (Å²) in [4.78, 5) is 24.4. The molecule has 0 aliphatic rings. The van der Waals surface area contributed by atoms with Gasteiger partial charge in [-0.05, 0) is 37.9 Å². The van der Waals surface area contributed by atoms with Gasteiger partial charge in [-0.2, -0.15) is 0 Å². The average Bonchev–Trinajstić information content (AvgIpc) is 2.70. The Kier molecular flexibility index (Phi) is 8.52. The van der Waals surface area contributed by atoms with Crippen LogP contribution < -0.4 is 5.32 Å². The van der Waals surface area contributed by atoms with Gasteiger partial charge in [0, 0.05) is 0 Å². The molecular weight excluding hydrogens is 342 g/mol. The van der Waals surface area contributed by atoms with Crippen molar-refractivity contribution in [1.29, 1.82) is 0 Å². The molecule has 0 aromatic heterocycles. The van der Waals surface area contributed by atoms with Gasteiger partial charge in [0.25, 0.3) is 0 Å². The lowest BCUT2D eigenvalue weighted by molar-refractivity contribution is -0.147. The molecule has 0 fully saturated rings. The highest BCUT2D eigenvalue weighted by Gasteiger charge is 2.22. The number of carbonyl (C=O) groups is 2. The zero-order valence-corrected chi connectivity index (χ0v) is 15.9. The predicted octanol–water partition coefficient (Wildman–Crippen LogP) is 3.44. The van der Waals surface area contributed by atoms with Crippen molar-refractivity contribution in [2.45, 2.75) is 38.8 Å². The molecule has 27 heavy (non-hydrogen) atoms. The van der Waals surface area contributed by atoms with E-state index >= 15 is 0 Å². The summed E-state index contributed by atoms with van der Waals surface area (Å²) in [5.41, 5.74) is 1.86. The third-order valence-electron chi connectivity index (χ3n) is 4.23. The van der Waals surface area contributed by atoms with Gasteiger partial charge in [0.2, 0.25) is 0 Å². The first kappa shape index (κ1) is 20.6. The molecule has 0 bridgehead atoms. The Morgan fingerprint density at radius 1 is 0.926 bits per heavy atom. The van der Waals surface area contributed by atoms with Crippen molar-refractivity contribution < 1.29 is 19.1 Å². The molecule has 2 atom stereocenters. The fourth-order valence-electron chi connectivity index (χ4n) is 2.73. The van der Waals surface area contributed by atoms with Crippen LogP contribution in [0.4, 0.5) is 0 Å². The van der Waals surface area contributed by atoms with Crippen molar-refractivity contribution in [3.8, 4) is 0 Å². The zero-order chi connectivity index (χ0) is 19.5. The average molecular weight is 369 g/mol. The number of rotatable bonds is 10. The molecular formula is C22H27NO4. The molecule has 2 aromatic rings. The quantitative estimate of drug-likeness (QED) is 0.650. The molecule has 2 rings (SSSR count). The molecule has 1 unspecified atom stereocenters. The summed E-state index contributed by atoms with van der Waals surface area (Å²) in [6.45, 7) is 4.65. The van der Waals surface area contributed by atoms with E-state index in [1.807, 2.05) is 60.7 Å². The minimum atomic E-state index is -0.452. The van der Waals surface area contributed by atoms with Gasteiger partial charge in [-0.25, -0.2) is 0 Å². The third-order valence-corrected chi connectivity index (χ3v) is 4.23. The highest BCUT2D eigenvalue weighted by atomic mass is 16.5. The largest absolute Gasteiger partial charge is 0.466 e. The van der Waals surface area contributed by atoms with Gasteiger partial charge >= 0.3 is 11.9 Å². The highest BCUT2D eigenvalue weighted by Crippen LogP contribution is 2.21. The van der Waals surface area contributed by atoms with Gasteiger partial charge in [0.05, 0.1) is 12.5 Å². The van der Waals surface area contributed by atoms with E-state index in [1.165, 1.54) is 0 Å². The maximum absolute atomic E-state index is 12.3. The van der Waals surface area contributed by atoms with E-state index < -0.39 is 6.04 Å². The van der Waals surface area contributed by atoms with Crippen LogP contribution in [0.1, 0.15) is 37.3 Å². The van der Waals surface area contributed by atoms with Crippen molar-refractivity contribution in [3.63, 3.8) is 0 Å². The molecule has 1 N–H and O–H groups in total. The minimum Gasteiger partial charge on any atom is -0.466 e. The topological polar surface area (TPSA) is 64.6 Å². The molecule has 0 spiro atoms. The second kappa shape index (κ2) is 11.1. The third kappa shape index (κ3) is 6.87. The lowest BCUT2D eigenvalue weighted by Gasteiger charge is -2.18. The van der Waals surface area contributed by atoms with Gasteiger partial charge in [-0.15, -0.1) is 0 Å². The Hall–Kier alpha value is -2.66. The summed E-state index contributed by atoms with van der Waals surface area (Å²) in [5.74, 6) is -0.915. The second-order valence-electron chi connectivity index (χ2n) is 6.27. The van der Waals surface area contributed by atoms with E-state index in [9.17, 15) is 9.59 Å². The Balaban J connectivity index is 1.82. The van der Waals surface area contributed by atoms with E-state index in [4.69, 9.17) is 9.47 Å². The lowest BCUT2D eigenvalue weighted by atomic mass is 9.95. The molecule has 0 saturated carbocycles. The van der Waals surface area contributed by atoms with Gasteiger partial charge < -0.3 is 14.8 Å². The van der Waals surface area contributed by atoms with Crippen LogP contribution in [0.2, 0.25) is 0 Å². The number of hydrogen-bond donors (Lipinski definition) is 1. The Bertz CT molecular complexity index is 703. The molecule has 144 valence electrons. The Morgan fingerprint density at radius 3 is 2.19 bits per heavy atom. The van der Waals surface area contributed by atoms with Gasteiger partial charge in [0.15, 0.2) is 0 Å². The maximum atomic E-state index is 12.3. The van der Waals surface area contributed by atoms with Gasteiger partial charge in [-0.1, -0.05) is 60.7 Å². The molecule has 5 heteroatoms. The molecule has 0 saturated heterocycles. The van der Waals surface area contributed by atoms with E-state index in [-0.39, 0.29) is 24.5 Å². The van der Waals surface area contributed by atoms with Gasteiger partial charge in [0.1, 0.15) is 12.6 Å². The number of benzene rings is 2. The summed E-state index contributed by atoms with van der Waals surface area (Å²) in [6, 6.07) is 18.7. The monoisotopic (exact) mass is 369 g/mol. The van der Waals surface area contributed by atoms with Gasteiger partial charge in [-0.3, -0.25) is 9.59 Å². The summed E-state index contributed by atoms with van der Waals surface area (Å²) >= 11 is 0. The molecule has 0 aliphatic heterocycles. The summed E-state index contributed by atoms with van der Waals surface area (Å²) < 4.78 is 10.5.